The summed E-state index contributed by atoms with van der Waals surface area (Å²) in [5.74, 6) is 0. The van der Waals surface area contributed by atoms with Gasteiger partial charge in [0.15, 0.2) is 9.84 Å². The minimum atomic E-state index is -3.46. The van der Waals surface area contributed by atoms with E-state index in [-0.39, 0.29) is 6.61 Å². The van der Waals surface area contributed by atoms with Gasteiger partial charge >= 0.3 is 0 Å². The molecular weight excluding hydrogens is 392 g/mol. The fourth-order valence-corrected chi connectivity index (χ4v) is 5.02. The number of rotatable bonds is 12. The van der Waals surface area contributed by atoms with E-state index in [0.29, 0.717) is 11.3 Å². The van der Waals surface area contributed by atoms with E-state index in [1.165, 1.54) is 5.57 Å². The molecule has 0 aliphatic rings. The molecule has 1 unspecified atom stereocenters. The summed E-state index contributed by atoms with van der Waals surface area (Å²) < 4.78 is 26.7. The Hall–Kier alpha value is -1.91. The summed E-state index contributed by atoms with van der Waals surface area (Å²) >= 11 is 0. The van der Waals surface area contributed by atoms with Crippen LogP contribution in [0.4, 0.5) is 0 Å². The molecule has 0 bridgehead atoms. The monoisotopic (exact) mass is 430 g/mol. The second-order valence-electron chi connectivity index (χ2n) is 8.26. The Bertz CT molecular complexity index is 868. The summed E-state index contributed by atoms with van der Waals surface area (Å²) in [6.45, 7) is 10.2. The number of hydrogen-bond acceptors (Lipinski definition) is 3. The summed E-state index contributed by atoms with van der Waals surface area (Å²) in [7, 11) is -3.46. The number of aliphatic hydroxyl groups excluding tert-OH is 1. The first kappa shape index (κ1) is 26.1. The van der Waals surface area contributed by atoms with E-state index >= 15 is 0 Å². The van der Waals surface area contributed by atoms with Crippen LogP contribution >= 0.6 is 0 Å². The Balaban J connectivity index is 3.06. The lowest BCUT2D eigenvalue weighted by molar-refractivity contribution is 0.341. The highest BCUT2D eigenvalue weighted by Crippen LogP contribution is 2.25. The highest BCUT2D eigenvalue weighted by Gasteiger charge is 2.25. The van der Waals surface area contributed by atoms with E-state index < -0.39 is 15.1 Å². The molecule has 1 N–H and O–H groups in total. The molecule has 0 radical (unpaired) electrons. The maximum atomic E-state index is 13.3. The van der Waals surface area contributed by atoms with Gasteiger partial charge in [-0.05, 0) is 78.9 Å². The fourth-order valence-electron chi connectivity index (χ4n) is 3.24. The average Bonchev–Trinajstić information content (AvgIpc) is 2.68. The third kappa shape index (κ3) is 9.73. The Morgan fingerprint density at radius 3 is 2.07 bits per heavy atom. The summed E-state index contributed by atoms with van der Waals surface area (Å²) in [6, 6.07) is 8.73. The molecule has 1 aromatic carbocycles. The smallest absolute Gasteiger partial charge is 0.185 e. The molecule has 0 aliphatic heterocycles. The van der Waals surface area contributed by atoms with Crippen LogP contribution < -0.4 is 0 Å². The van der Waals surface area contributed by atoms with Crippen molar-refractivity contribution in [3.63, 3.8) is 0 Å². The van der Waals surface area contributed by atoms with Crippen molar-refractivity contribution in [1.29, 1.82) is 0 Å². The Kier molecular flexibility index (Phi) is 11.7. The summed E-state index contributed by atoms with van der Waals surface area (Å²) in [5, 5.41) is 8.40. The molecule has 0 aliphatic carbocycles. The predicted molar refractivity (Wildman–Crippen MR) is 128 cm³/mol. The summed E-state index contributed by atoms with van der Waals surface area (Å²) in [4.78, 5) is 0.373. The molecule has 0 saturated heterocycles. The molecule has 1 rings (SSSR count). The van der Waals surface area contributed by atoms with Gasteiger partial charge in [0.25, 0.3) is 0 Å². The number of benzene rings is 1. The molecule has 0 amide bonds. The zero-order chi connectivity index (χ0) is 22.6. The molecule has 30 heavy (non-hydrogen) atoms. The molecule has 0 spiro atoms. The molecule has 166 valence electrons. The molecule has 1 atom stereocenters. The number of hydrogen-bond donors (Lipinski definition) is 1. The topological polar surface area (TPSA) is 54.4 Å². The lowest BCUT2D eigenvalue weighted by Gasteiger charge is -2.16. The van der Waals surface area contributed by atoms with Crippen LogP contribution in [-0.2, 0) is 9.84 Å². The molecule has 0 heterocycles. The minimum Gasteiger partial charge on any atom is -0.392 e. The van der Waals surface area contributed by atoms with Crippen molar-refractivity contribution >= 4 is 9.84 Å². The first-order chi connectivity index (χ1) is 14.2. The normalized spacial score (nSPS) is 14.5. The van der Waals surface area contributed by atoms with Gasteiger partial charge in [0.1, 0.15) is 0 Å². The van der Waals surface area contributed by atoms with E-state index in [1.54, 1.807) is 24.3 Å². The predicted octanol–water partition coefficient (Wildman–Crippen LogP) is 6.58. The van der Waals surface area contributed by atoms with E-state index in [0.717, 1.165) is 42.4 Å². The zero-order valence-electron chi connectivity index (χ0n) is 19.2. The van der Waals surface area contributed by atoms with Gasteiger partial charge in [0, 0.05) is 0 Å². The second kappa shape index (κ2) is 13.4. The Labute approximate surface area is 183 Å². The fraction of sp³-hybridized carbons (Fsp3) is 0.462. The first-order valence-electron chi connectivity index (χ1n) is 10.7. The van der Waals surface area contributed by atoms with Gasteiger partial charge in [-0.2, -0.15) is 0 Å². The van der Waals surface area contributed by atoms with Gasteiger partial charge in [-0.15, -0.1) is 0 Å². The van der Waals surface area contributed by atoms with Gasteiger partial charge in [-0.1, -0.05) is 64.8 Å². The zero-order valence-corrected chi connectivity index (χ0v) is 20.0. The maximum absolute atomic E-state index is 13.3. The van der Waals surface area contributed by atoms with Crippen LogP contribution in [0.2, 0.25) is 0 Å². The first-order valence-corrected chi connectivity index (χ1v) is 12.2. The van der Waals surface area contributed by atoms with Gasteiger partial charge in [-0.25, -0.2) is 8.42 Å². The standard InChI is InChI=1S/C26H38O3S/c1-21(2)11-9-13-23(4)19-26(30(28,29)25-15-7-6-8-16-25)20-24(5)14-10-12-22(3)17-18-27/h6-8,11,14-17,19,26-27H,9-10,12-13,18,20H2,1-5H3/b22-17+,23-19+,24-14+. The lowest BCUT2D eigenvalue weighted by atomic mass is 10.0. The van der Waals surface area contributed by atoms with Gasteiger partial charge in [-0.3, -0.25) is 0 Å². The van der Waals surface area contributed by atoms with Crippen molar-refractivity contribution in [3.05, 3.63) is 76.9 Å². The van der Waals surface area contributed by atoms with Crippen LogP contribution in [0.15, 0.2) is 81.8 Å². The van der Waals surface area contributed by atoms with Gasteiger partial charge < -0.3 is 5.11 Å². The summed E-state index contributed by atoms with van der Waals surface area (Å²) in [6.07, 6.45) is 12.0. The lowest BCUT2D eigenvalue weighted by Crippen LogP contribution is -2.20. The second-order valence-corrected chi connectivity index (χ2v) is 10.4. The van der Waals surface area contributed by atoms with E-state index in [1.807, 2.05) is 39.0 Å². The summed E-state index contributed by atoms with van der Waals surface area (Å²) in [5.41, 5.74) is 4.60. The SMILES string of the molecule is CC(C)=CCC/C(C)=C/C(C/C(C)=C/CC/C(C)=C/CO)S(=O)(=O)c1ccccc1. The average molecular weight is 431 g/mol. The molecule has 0 saturated carbocycles. The van der Waals surface area contributed by atoms with Crippen LogP contribution in [0.3, 0.4) is 0 Å². The van der Waals surface area contributed by atoms with Crippen LogP contribution in [0.1, 0.15) is 66.7 Å². The van der Waals surface area contributed by atoms with E-state index in [2.05, 4.69) is 26.0 Å². The third-order valence-corrected chi connectivity index (χ3v) is 7.06. The Morgan fingerprint density at radius 2 is 1.47 bits per heavy atom. The molecule has 0 fully saturated rings. The highest BCUT2D eigenvalue weighted by molar-refractivity contribution is 7.92. The Morgan fingerprint density at radius 1 is 0.867 bits per heavy atom. The largest absolute Gasteiger partial charge is 0.392 e. The molecule has 1 aromatic rings. The molecule has 4 heteroatoms. The van der Waals surface area contributed by atoms with Gasteiger partial charge in [0.05, 0.1) is 16.8 Å². The minimum absolute atomic E-state index is 0.0583. The van der Waals surface area contributed by atoms with E-state index in [4.69, 9.17) is 5.11 Å². The quantitative estimate of drug-likeness (QED) is 0.381. The van der Waals surface area contributed by atoms with Crippen molar-refractivity contribution in [3.8, 4) is 0 Å². The van der Waals surface area contributed by atoms with Crippen molar-refractivity contribution in [1.82, 2.24) is 0 Å². The van der Waals surface area contributed by atoms with Crippen molar-refractivity contribution in [2.24, 2.45) is 0 Å². The van der Waals surface area contributed by atoms with Crippen molar-refractivity contribution in [2.75, 3.05) is 6.61 Å². The molecule has 3 nitrogen and oxygen atoms in total. The maximum Gasteiger partial charge on any atom is 0.185 e. The number of allylic oxidation sites excluding steroid dienone is 6. The van der Waals surface area contributed by atoms with Crippen molar-refractivity contribution in [2.45, 2.75) is 76.9 Å². The van der Waals surface area contributed by atoms with Crippen molar-refractivity contribution < 1.29 is 13.5 Å². The molecule has 0 aromatic heterocycles. The molecular formula is C26H38O3S. The van der Waals surface area contributed by atoms with Crippen LogP contribution in [-0.4, -0.2) is 25.4 Å². The van der Waals surface area contributed by atoms with Crippen LogP contribution in [0.25, 0.3) is 0 Å². The van der Waals surface area contributed by atoms with Crippen LogP contribution in [0.5, 0.6) is 0 Å². The van der Waals surface area contributed by atoms with Crippen LogP contribution in [0, 0.1) is 0 Å². The highest BCUT2D eigenvalue weighted by atomic mass is 32.2. The third-order valence-electron chi connectivity index (χ3n) is 5.03. The van der Waals surface area contributed by atoms with Gasteiger partial charge in [0.2, 0.25) is 0 Å². The number of sulfone groups is 1. The van der Waals surface area contributed by atoms with E-state index in [9.17, 15) is 8.42 Å². The number of aliphatic hydroxyl groups is 1.